The minimum absolute atomic E-state index is 0.686. The number of pyridine rings is 1. The number of aromatic nitrogens is 1. The molecule has 1 aromatic carbocycles. The number of halogens is 2. The number of nitrogens with one attached hydrogen (secondary N) is 1. The van der Waals surface area contributed by atoms with E-state index in [1.807, 2.05) is 26.1 Å². The molecule has 1 heterocycles. The molecule has 0 amide bonds. The fourth-order valence-corrected chi connectivity index (χ4v) is 2.88. The van der Waals surface area contributed by atoms with E-state index in [0.29, 0.717) is 5.02 Å². The van der Waals surface area contributed by atoms with Gasteiger partial charge >= 0.3 is 0 Å². The number of fused-ring (bicyclic) bond motifs is 1. The van der Waals surface area contributed by atoms with Gasteiger partial charge in [0, 0.05) is 28.3 Å². The second kappa shape index (κ2) is 4.83. The molecule has 1 aromatic heterocycles. The van der Waals surface area contributed by atoms with Crippen LogP contribution >= 0.6 is 27.5 Å². The highest BCUT2D eigenvalue weighted by molar-refractivity contribution is 9.10. The van der Waals surface area contributed by atoms with Crippen LogP contribution in [0.3, 0.4) is 0 Å². The van der Waals surface area contributed by atoms with Gasteiger partial charge in [-0.25, -0.2) is 0 Å². The Morgan fingerprint density at radius 3 is 2.71 bits per heavy atom. The molecule has 2 rings (SSSR count). The fraction of sp³-hybridized carbons (Fsp3) is 0.308. The van der Waals surface area contributed by atoms with Crippen LogP contribution < -0.4 is 5.32 Å². The second-order valence-electron chi connectivity index (χ2n) is 3.91. The van der Waals surface area contributed by atoms with Crippen LogP contribution in [0.1, 0.15) is 18.2 Å². The van der Waals surface area contributed by atoms with Crippen molar-refractivity contribution in [1.29, 1.82) is 0 Å². The Balaban J connectivity index is 2.98. The molecule has 0 radical (unpaired) electrons. The van der Waals surface area contributed by atoms with Crippen molar-refractivity contribution >= 4 is 44.1 Å². The average Bonchev–Trinajstić information content (AvgIpc) is 2.32. The van der Waals surface area contributed by atoms with Crippen molar-refractivity contribution in [2.24, 2.45) is 0 Å². The van der Waals surface area contributed by atoms with E-state index in [0.717, 1.165) is 33.2 Å². The number of hydrogen-bond acceptors (Lipinski definition) is 2. The topological polar surface area (TPSA) is 24.9 Å². The zero-order valence-electron chi connectivity index (χ0n) is 10.1. The van der Waals surface area contributed by atoms with Gasteiger partial charge in [0.05, 0.1) is 10.5 Å². The lowest BCUT2D eigenvalue weighted by atomic mass is 10.0. The Morgan fingerprint density at radius 1 is 1.41 bits per heavy atom. The average molecular weight is 314 g/mol. The van der Waals surface area contributed by atoms with Crippen molar-refractivity contribution in [2.75, 3.05) is 12.4 Å². The van der Waals surface area contributed by atoms with Crippen LogP contribution in [0, 0.1) is 6.92 Å². The third-order valence-electron chi connectivity index (χ3n) is 2.95. The highest BCUT2D eigenvalue weighted by Gasteiger charge is 2.14. The van der Waals surface area contributed by atoms with Crippen molar-refractivity contribution in [2.45, 2.75) is 20.3 Å². The molecule has 1 N–H and O–H groups in total. The van der Waals surface area contributed by atoms with Crippen LogP contribution in [0.25, 0.3) is 10.9 Å². The van der Waals surface area contributed by atoms with Gasteiger partial charge in [0.1, 0.15) is 0 Å². The summed E-state index contributed by atoms with van der Waals surface area (Å²) < 4.78 is 1.02. The van der Waals surface area contributed by atoms with E-state index in [2.05, 4.69) is 33.2 Å². The van der Waals surface area contributed by atoms with Gasteiger partial charge < -0.3 is 5.32 Å². The molecule has 0 aliphatic rings. The first-order chi connectivity index (χ1) is 8.10. The van der Waals surface area contributed by atoms with Crippen LogP contribution in [-0.2, 0) is 6.42 Å². The van der Waals surface area contributed by atoms with Crippen LogP contribution in [0.5, 0.6) is 0 Å². The largest absolute Gasteiger partial charge is 0.387 e. The van der Waals surface area contributed by atoms with Crippen LogP contribution in [-0.4, -0.2) is 12.0 Å². The van der Waals surface area contributed by atoms with Gasteiger partial charge in [-0.3, -0.25) is 4.98 Å². The van der Waals surface area contributed by atoms with Gasteiger partial charge in [0.25, 0.3) is 0 Å². The van der Waals surface area contributed by atoms with Crippen molar-refractivity contribution in [3.63, 3.8) is 0 Å². The molecule has 2 aromatic rings. The maximum absolute atomic E-state index is 6.21. The molecule has 0 fully saturated rings. The van der Waals surface area contributed by atoms with E-state index >= 15 is 0 Å². The molecule has 0 bridgehead atoms. The van der Waals surface area contributed by atoms with Gasteiger partial charge in [-0.1, -0.05) is 34.5 Å². The molecule has 0 atom stereocenters. The maximum Gasteiger partial charge on any atom is 0.0923 e. The third kappa shape index (κ3) is 2.02. The van der Waals surface area contributed by atoms with E-state index in [9.17, 15) is 0 Å². The highest BCUT2D eigenvalue weighted by Crippen LogP contribution is 2.37. The molecule has 90 valence electrons. The number of rotatable bonds is 2. The van der Waals surface area contributed by atoms with Gasteiger partial charge in [0.2, 0.25) is 0 Å². The van der Waals surface area contributed by atoms with Gasteiger partial charge in [-0.05, 0) is 31.0 Å². The van der Waals surface area contributed by atoms with Crippen LogP contribution in [0.15, 0.2) is 16.6 Å². The first kappa shape index (κ1) is 12.7. The Kier molecular flexibility index (Phi) is 3.59. The van der Waals surface area contributed by atoms with E-state index in [1.54, 1.807) is 0 Å². The van der Waals surface area contributed by atoms with E-state index in [1.165, 1.54) is 5.56 Å². The first-order valence-corrected chi connectivity index (χ1v) is 6.72. The zero-order chi connectivity index (χ0) is 12.6. The second-order valence-corrected chi connectivity index (χ2v) is 5.17. The summed E-state index contributed by atoms with van der Waals surface area (Å²) in [5.41, 5.74) is 4.23. The fourth-order valence-electron chi connectivity index (χ4n) is 2.16. The highest BCUT2D eigenvalue weighted by atomic mass is 79.9. The smallest absolute Gasteiger partial charge is 0.0923 e. The standard InChI is InChI=1S/C13H14BrClN2/c1-4-8-7(2)17-13-10(15)6-5-9(14)11(13)12(8)16-3/h5-6H,4H2,1-3H3,(H,16,17). The summed E-state index contributed by atoms with van der Waals surface area (Å²) in [6.07, 6.45) is 0.948. The lowest BCUT2D eigenvalue weighted by Crippen LogP contribution is -2.02. The molecule has 0 saturated heterocycles. The molecule has 17 heavy (non-hydrogen) atoms. The van der Waals surface area contributed by atoms with E-state index in [-0.39, 0.29) is 0 Å². The SMILES string of the molecule is CCc1c(C)nc2c(Cl)ccc(Br)c2c1NC. The lowest BCUT2D eigenvalue weighted by Gasteiger charge is -2.15. The minimum Gasteiger partial charge on any atom is -0.387 e. The Morgan fingerprint density at radius 2 is 2.12 bits per heavy atom. The molecule has 0 spiro atoms. The number of aryl methyl sites for hydroxylation is 1. The summed E-state index contributed by atoms with van der Waals surface area (Å²) in [5, 5.41) is 5.01. The summed E-state index contributed by atoms with van der Waals surface area (Å²) in [6, 6.07) is 3.83. The number of nitrogens with zero attached hydrogens (tertiary/aromatic N) is 1. The number of benzene rings is 1. The summed E-state index contributed by atoms with van der Waals surface area (Å²) >= 11 is 9.79. The van der Waals surface area contributed by atoms with Gasteiger partial charge in [0.15, 0.2) is 0 Å². The van der Waals surface area contributed by atoms with Crippen molar-refractivity contribution in [3.05, 3.63) is 32.9 Å². The van der Waals surface area contributed by atoms with Crippen molar-refractivity contribution in [1.82, 2.24) is 4.98 Å². The number of anilines is 1. The summed E-state index contributed by atoms with van der Waals surface area (Å²) in [7, 11) is 1.93. The van der Waals surface area contributed by atoms with Gasteiger partial charge in [-0.15, -0.1) is 0 Å². The number of hydrogen-bond donors (Lipinski definition) is 1. The molecule has 2 nitrogen and oxygen atoms in total. The molecule has 0 aliphatic heterocycles. The van der Waals surface area contributed by atoms with Gasteiger partial charge in [-0.2, -0.15) is 0 Å². The Labute approximate surface area is 115 Å². The molecular formula is C13H14BrClN2. The summed E-state index contributed by atoms with van der Waals surface area (Å²) in [6.45, 7) is 4.16. The molecular weight excluding hydrogens is 300 g/mol. The Bertz CT molecular complexity index is 581. The van der Waals surface area contributed by atoms with E-state index in [4.69, 9.17) is 11.6 Å². The predicted molar refractivity (Wildman–Crippen MR) is 78.1 cm³/mol. The quantitative estimate of drug-likeness (QED) is 0.879. The molecule has 0 saturated carbocycles. The molecule has 0 unspecified atom stereocenters. The minimum atomic E-state index is 0.686. The summed E-state index contributed by atoms with van der Waals surface area (Å²) in [4.78, 5) is 4.61. The maximum atomic E-state index is 6.21. The lowest BCUT2D eigenvalue weighted by molar-refractivity contribution is 1.07. The molecule has 4 heteroatoms. The predicted octanol–water partition coefficient (Wildman–Crippen LogP) is 4.56. The van der Waals surface area contributed by atoms with Crippen molar-refractivity contribution in [3.8, 4) is 0 Å². The van der Waals surface area contributed by atoms with Crippen LogP contribution in [0.4, 0.5) is 5.69 Å². The zero-order valence-corrected chi connectivity index (χ0v) is 12.4. The van der Waals surface area contributed by atoms with Crippen molar-refractivity contribution < 1.29 is 0 Å². The Hall–Kier alpha value is -0.800. The monoisotopic (exact) mass is 312 g/mol. The third-order valence-corrected chi connectivity index (χ3v) is 3.92. The normalized spacial score (nSPS) is 10.9. The van der Waals surface area contributed by atoms with E-state index < -0.39 is 0 Å². The summed E-state index contributed by atoms with van der Waals surface area (Å²) in [5.74, 6) is 0. The van der Waals surface area contributed by atoms with Crippen LogP contribution in [0.2, 0.25) is 5.02 Å². The molecule has 0 aliphatic carbocycles. The first-order valence-electron chi connectivity index (χ1n) is 5.55.